The second-order valence-corrected chi connectivity index (χ2v) is 10.3. The van der Waals surface area contributed by atoms with Crippen molar-refractivity contribution in [1.82, 2.24) is 14.9 Å². The summed E-state index contributed by atoms with van der Waals surface area (Å²) in [6.45, 7) is -0.0268. The molecule has 10 heteroatoms. The van der Waals surface area contributed by atoms with Crippen LogP contribution in [0.1, 0.15) is 44.8 Å². The van der Waals surface area contributed by atoms with Gasteiger partial charge in [-0.2, -0.15) is 0 Å². The number of nitrogens with zero attached hydrogens (tertiary/aromatic N) is 4. The van der Waals surface area contributed by atoms with E-state index in [9.17, 15) is 18.0 Å². The highest BCUT2D eigenvalue weighted by atomic mass is 32.2. The summed E-state index contributed by atoms with van der Waals surface area (Å²) in [6, 6.07) is 13.7. The number of aromatic nitrogens is 2. The summed E-state index contributed by atoms with van der Waals surface area (Å²) in [5.74, 6) is 0.00176. The lowest BCUT2D eigenvalue weighted by atomic mass is 10.1. The number of amides is 2. The van der Waals surface area contributed by atoms with Crippen LogP contribution in [0, 0.1) is 0 Å². The zero-order valence-electron chi connectivity index (χ0n) is 18.4. The second kappa shape index (κ2) is 8.53. The molecule has 0 N–H and O–H groups in total. The van der Waals surface area contributed by atoms with E-state index in [-0.39, 0.29) is 18.9 Å². The molecule has 3 aromatic rings. The van der Waals surface area contributed by atoms with Crippen LogP contribution >= 0.6 is 0 Å². The normalized spacial score (nSPS) is 15.4. The number of benzene rings is 2. The van der Waals surface area contributed by atoms with E-state index in [2.05, 4.69) is 9.97 Å². The van der Waals surface area contributed by atoms with Gasteiger partial charge in [-0.05, 0) is 42.7 Å². The van der Waals surface area contributed by atoms with Gasteiger partial charge in [0, 0.05) is 0 Å². The van der Waals surface area contributed by atoms with Crippen molar-refractivity contribution in [3.05, 3.63) is 83.3 Å². The number of sulfonamides is 1. The van der Waals surface area contributed by atoms with E-state index in [4.69, 9.17) is 4.74 Å². The first kappa shape index (κ1) is 22.0. The van der Waals surface area contributed by atoms with Crippen LogP contribution in [0.2, 0.25) is 0 Å². The van der Waals surface area contributed by atoms with Crippen LogP contribution in [-0.4, -0.2) is 47.5 Å². The predicted molar refractivity (Wildman–Crippen MR) is 124 cm³/mol. The SMILES string of the molecule is COc1ccc(CN(c2cncc(CN3C(=O)c4ccccc4C3=O)n2)S(=O)(=O)C2CC2)cc1. The van der Waals surface area contributed by atoms with Crippen LogP contribution in [0.25, 0.3) is 0 Å². The van der Waals surface area contributed by atoms with E-state index in [0.717, 1.165) is 10.5 Å². The Hall–Kier alpha value is -3.79. The summed E-state index contributed by atoms with van der Waals surface area (Å²) in [7, 11) is -2.09. The van der Waals surface area contributed by atoms with Gasteiger partial charge in [0.2, 0.25) is 10.0 Å². The van der Waals surface area contributed by atoms with Crippen molar-refractivity contribution in [1.29, 1.82) is 0 Å². The molecule has 1 saturated carbocycles. The van der Waals surface area contributed by atoms with Crippen LogP contribution in [0.5, 0.6) is 5.75 Å². The third kappa shape index (κ3) is 4.01. The van der Waals surface area contributed by atoms with Crippen molar-refractivity contribution in [3.63, 3.8) is 0 Å². The van der Waals surface area contributed by atoms with E-state index in [1.807, 2.05) is 0 Å². The molecule has 0 bridgehead atoms. The number of fused-ring (bicyclic) bond motifs is 1. The number of rotatable bonds is 8. The monoisotopic (exact) mass is 478 g/mol. The lowest BCUT2D eigenvalue weighted by molar-refractivity contribution is 0.0640. The van der Waals surface area contributed by atoms with E-state index >= 15 is 0 Å². The number of carbonyl (C=O) groups is 2. The van der Waals surface area contributed by atoms with E-state index in [0.29, 0.717) is 35.4 Å². The molecule has 0 unspecified atom stereocenters. The van der Waals surface area contributed by atoms with Gasteiger partial charge in [-0.25, -0.2) is 17.7 Å². The highest BCUT2D eigenvalue weighted by Gasteiger charge is 2.41. The van der Waals surface area contributed by atoms with Crippen molar-refractivity contribution in [3.8, 4) is 5.75 Å². The molecule has 0 atom stereocenters. The Morgan fingerprint density at radius 3 is 2.24 bits per heavy atom. The topological polar surface area (TPSA) is 110 Å². The fourth-order valence-electron chi connectivity index (χ4n) is 3.88. The maximum absolute atomic E-state index is 13.2. The van der Waals surface area contributed by atoms with Crippen molar-refractivity contribution in [2.75, 3.05) is 11.4 Å². The van der Waals surface area contributed by atoms with Crippen LogP contribution in [-0.2, 0) is 23.1 Å². The first-order valence-corrected chi connectivity index (χ1v) is 12.3. The Bertz CT molecular complexity index is 1340. The average Bonchev–Trinajstić information content (AvgIpc) is 3.69. The summed E-state index contributed by atoms with van der Waals surface area (Å²) >= 11 is 0. The smallest absolute Gasteiger partial charge is 0.261 e. The lowest BCUT2D eigenvalue weighted by Crippen LogP contribution is -2.35. The minimum absolute atomic E-state index is 0.0774. The molecular weight excluding hydrogens is 456 g/mol. The number of hydrogen-bond acceptors (Lipinski definition) is 7. The summed E-state index contributed by atoms with van der Waals surface area (Å²) < 4.78 is 32.9. The largest absolute Gasteiger partial charge is 0.497 e. The number of imide groups is 1. The number of methoxy groups -OCH3 is 1. The quantitative estimate of drug-likeness (QED) is 0.458. The summed E-state index contributed by atoms with van der Waals surface area (Å²) in [4.78, 5) is 35.2. The lowest BCUT2D eigenvalue weighted by Gasteiger charge is -2.24. The Balaban J connectivity index is 1.44. The van der Waals surface area contributed by atoms with E-state index in [1.165, 1.54) is 16.7 Å². The molecular formula is C24H22N4O5S. The van der Waals surface area contributed by atoms with Crippen LogP contribution in [0.3, 0.4) is 0 Å². The van der Waals surface area contributed by atoms with Crippen molar-refractivity contribution >= 4 is 27.7 Å². The third-order valence-corrected chi connectivity index (χ3v) is 8.11. The molecule has 1 aromatic heterocycles. The molecule has 2 heterocycles. The van der Waals surface area contributed by atoms with Gasteiger partial charge in [-0.3, -0.25) is 19.5 Å². The van der Waals surface area contributed by atoms with E-state index < -0.39 is 27.1 Å². The van der Waals surface area contributed by atoms with Gasteiger partial charge in [0.1, 0.15) is 5.75 Å². The number of anilines is 1. The van der Waals surface area contributed by atoms with Crippen LogP contribution in [0.4, 0.5) is 5.82 Å². The Kier molecular flexibility index (Phi) is 5.52. The van der Waals surface area contributed by atoms with Gasteiger partial charge >= 0.3 is 0 Å². The van der Waals surface area contributed by atoms with Gasteiger partial charge in [-0.1, -0.05) is 24.3 Å². The summed E-state index contributed by atoms with van der Waals surface area (Å²) in [5, 5.41) is -0.451. The van der Waals surface area contributed by atoms with E-state index in [1.54, 1.807) is 55.6 Å². The molecule has 1 fully saturated rings. The molecule has 2 aromatic carbocycles. The molecule has 9 nitrogen and oxygen atoms in total. The molecule has 5 rings (SSSR count). The highest BCUT2D eigenvalue weighted by Crippen LogP contribution is 2.34. The molecule has 0 radical (unpaired) electrons. The Morgan fingerprint density at radius 2 is 1.65 bits per heavy atom. The highest BCUT2D eigenvalue weighted by molar-refractivity contribution is 7.93. The molecule has 174 valence electrons. The molecule has 1 aliphatic carbocycles. The molecule has 0 spiro atoms. The van der Waals surface area contributed by atoms with Crippen LogP contribution in [0.15, 0.2) is 60.9 Å². The van der Waals surface area contributed by atoms with Gasteiger partial charge < -0.3 is 4.74 Å². The zero-order valence-corrected chi connectivity index (χ0v) is 19.2. The second-order valence-electron chi connectivity index (χ2n) is 8.21. The van der Waals surface area contributed by atoms with Crippen LogP contribution < -0.4 is 9.04 Å². The Morgan fingerprint density at radius 1 is 1.00 bits per heavy atom. The molecule has 0 saturated heterocycles. The third-order valence-electron chi connectivity index (χ3n) is 5.86. The Labute approximate surface area is 197 Å². The standard InChI is InChI=1S/C24H22N4O5S/c1-33-18-8-6-16(7-9-18)14-28(34(31,32)19-10-11-19)22-13-25-12-17(26-22)15-27-23(29)20-4-2-3-5-21(20)24(27)30/h2-9,12-13,19H,10-11,14-15H2,1H3. The fourth-order valence-corrected chi connectivity index (χ4v) is 5.65. The maximum atomic E-state index is 13.2. The number of ether oxygens (including phenoxy) is 1. The summed E-state index contributed by atoms with van der Waals surface area (Å²) in [5.41, 5.74) is 1.76. The van der Waals surface area contributed by atoms with Crippen molar-refractivity contribution in [2.45, 2.75) is 31.2 Å². The van der Waals surface area contributed by atoms with Gasteiger partial charge in [0.15, 0.2) is 5.82 Å². The predicted octanol–water partition coefficient (Wildman–Crippen LogP) is 2.78. The van der Waals surface area contributed by atoms with Crippen molar-refractivity contribution < 1.29 is 22.7 Å². The molecule has 34 heavy (non-hydrogen) atoms. The van der Waals surface area contributed by atoms with Gasteiger partial charge in [-0.15, -0.1) is 0 Å². The first-order chi connectivity index (χ1) is 16.4. The fraction of sp³-hybridized carbons (Fsp3) is 0.250. The summed E-state index contributed by atoms with van der Waals surface area (Å²) in [6.07, 6.45) is 4.02. The molecule has 2 amide bonds. The van der Waals surface area contributed by atoms with Gasteiger partial charge in [0.05, 0.1) is 54.7 Å². The van der Waals surface area contributed by atoms with Crippen molar-refractivity contribution in [2.24, 2.45) is 0 Å². The molecule has 2 aliphatic rings. The minimum atomic E-state index is -3.65. The first-order valence-electron chi connectivity index (χ1n) is 10.8. The number of hydrogen-bond donors (Lipinski definition) is 0. The maximum Gasteiger partial charge on any atom is 0.261 e. The average molecular weight is 479 g/mol. The van der Waals surface area contributed by atoms with Gasteiger partial charge in [0.25, 0.3) is 11.8 Å². The molecule has 1 aliphatic heterocycles. The number of carbonyl (C=O) groups excluding carboxylic acids is 2. The zero-order chi connectivity index (χ0) is 23.9. The minimum Gasteiger partial charge on any atom is -0.497 e.